The lowest BCUT2D eigenvalue weighted by Gasteiger charge is -2.37. The van der Waals surface area contributed by atoms with Crippen LogP contribution in [0.25, 0.3) is 0 Å². The van der Waals surface area contributed by atoms with E-state index in [1.807, 2.05) is 0 Å². The predicted molar refractivity (Wildman–Crippen MR) is 65.6 cm³/mol. The predicted octanol–water partition coefficient (Wildman–Crippen LogP) is -1.36. The van der Waals surface area contributed by atoms with Crippen molar-refractivity contribution in [2.75, 3.05) is 6.61 Å². The Hall–Kier alpha value is -1.51. The van der Waals surface area contributed by atoms with Gasteiger partial charge in [0, 0.05) is 0 Å². The van der Waals surface area contributed by atoms with Gasteiger partial charge in [-0.2, -0.15) is 0 Å². The number of benzene rings is 1. The van der Waals surface area contributed by atoms with Gasteiger partial charge in [0.25, 0.3) is 0 Å². The van der Waals surface area contributed by atoms with E-state index < -0.39 is 36.7 Å². The number of esters is 1. The molecule has 0 radical (unpaired) electrons. The molecule has 0 saturated carbocycles. The minimum atomic E-state index is -1.64. The van der Waals surface area contributed by atoms with E-state index in [1.165, 1.54) is 0 Å². The largest absolute Gasteiger partial charge is 0.459 e. The molecule has 20 heavy (non-hydrogen) atoms. The van der Waals surface area contributed by atoms with Gasteiger partial charge in [0.05, 0.1) is 5.56 Å². The Morgan fingerprint density at radius 3 is 2.35 bits per heavy atom. The zero-order chi connectivity index (χ0) is 14.7. The molecule has 1 aliphatic heterocycles. The molecule has 0 unspecified atom stereocenters. The number of ether oxygens (including phenoxy) is 2. The van der Waals surface area contributed by atoms with Gasteiger partial charge in [-0.3, -0.25) is 0 Å². The van der Waals surface area contributed by atoms with Crippen LogP contribution in [0.15, 0.2) is 30.3 Å². The van der Waals surface area contributed by atoms with Gasteiger partial charge in [-0.05, 0) is 12.1 Å². The first kappa shape index (κ1) is 14.9. The first-order chi connectivity index (χ1) is 9.50. The average Bonchev–Trinajstić information content (AvgIpc) is 2.48. The van der Waals surface area contributed by atoms with Crippen LogP contribution in [0.5, 0.6) is 0 Å². The van der Waals surface area contributed by atoms with Crippen molar-refractivity contribution < 1.29 is 34.7 Å². The highest BCUT2D eigenvalue weighted by atomic mass is 16.6. The molecule has 1 aliphatic rings. The van der Waals surface area contributed by atoms with Crippen LogP contribution in [0.3, 0.4) is 0 Å². The van der Waals surface area contributed by atoms with Crippen LogP contribution in [0.1, 0.15) is 10.4 Å². The first-order valence-corrected chi connectivity index (χ1v) is 6.10. The van der Waals surface area contributed by atoms with Crippen molar-refractivity contribution in [1.29, 1.82) is 0 Å². The van der Waals surface area contributed by atoms with Crippen LogP contribution >= 0.6 is 0 Å². The highest BCUT2D eigenvalue weighted by Crippen LogP contribution is 2.20. The van der Waals surface area contributed by atoms with E-state index in [4.69, 9.17) is 9.47 Å². The lowest BCUT2D eigenvalue weighted by atomic mass is 9.99. The number of carbonyl (C=O) groups excluding carboxylic acids is 1. The highest BCUT2D eigenvalue weighted by molar-refractivity contribution is 5.89. The van der Waals surface area contributed by atoms with E-state index in [0.29, 0.717) is 5.56 Å². The molecule has 1 fully saturated rings. The zero-order valence-corrected chi connectivity index (χ0v) is 10.5. The monoisotopic (exact) mass is 284 g/mol. The molecule has 7 nitrogen and oxygen atoms in total. The number of hydrogen-bond acceptors (Lipinski definition) is 7. The summed E-state index contributed by atoms with van der Waals surface area (Å²) in [5, 5.41) is 37.8. The van der Waals surface area contributed by atoms with Crippen LogP contribution in [-0.4, -0.2) is 63.7 Å². The molecule has 0 amide bonds. The van der Waals surface area contributed by atoms with Crippen molar-refractivity contribution in [3.8, 4) is 0 Å². The van der Waals surface area contributed by atoms with Gasteiger partial charge in [-0.1, -0.05) is 18.2 Å². The topological polar surface area (TPSA) is 116 Å². The SMILES string of the molecule is O=C(OC[C@H]1O[C@@H](O)[C@@H](O)[C@@H](O)[C@@H]1O)c1ccccc1. The van der Waals surface area contributed by atoms with Crippen molar-refractivity contribution >= 4 is 5.97 Å². The molecule has 0 spiro atoms. The molecule has 0 aromatic heterocycles. The van der Waals surface area contributed by atoms with Gasteiger partial charge in [0.1, 0.15) is 31.0 Å². The van der Waals surface area contributed by atoms with Gasteiger partial charge in [0.2, 0.25) is 0 Å². The summed E-state index contributed by atoms with van der Waals surface area (Å²) in [5.41, 5.74) is 0.332. The van der Waals surface area contributed by atoms with E-state index in [9.17, 15) is 25.2 Å². The minimum absolute atomic E-state index is 0.332. The Morgan fingerprint density at radius 2 is 1.70 bits per heavy atom. The van der Waals surface area contributed by atoms with Crippen molar-refractivity contribution in [2.45, 2.75) is 30.7 Å². The smallest absolute Gasteiger partial charge is 0.338 e. The van der Waals surface area contributed by atoms with Crippen molar-refractivity contribution in [3.05, 3.63) is 35.9 Å². The standard InChI is InChI=1S/C13H16O7/c14-9-8(20-13(18)11(16)10(9)15)6-19-12(17)7-4-2-1-3-5-7/h1-5,8-11,13-16,18H,6H2/t8-,9-,10+,11+,13-/m1/s1. The Morgan fingerprint density at radius 1 is 1.05 bits per heavy atom. The van der Waals surface area contributed by atoms with Crippen LogP contribution in [-0.2, 0) is 9.47 Å². The fraction of sp³-hybridized carbons (Fsp3) is 0.462. The summed E-state index contributed by atoms with van der Waals surface area (Å²) in [6.07, 6.45) is -7.40. The van der Waals surface area contributed by atoms with Crippen LogP contribution in [0.2, 0.25) is 0 Å². The second-order valence-corrected chi connectivity index (χ2v) is 4.50. The molecular weight excluding hydrogens is 268 g/mol. The third kappa shape index (κ3) is 3.14. The molecule has 4 N–H and O–H groups in total. The van der Waals surface area contributed by atoms with E-state index in [-0.39, 0.29) is 6.61 Å². The normalized spacial score (nSPS) is 33.7. The molecule has 1 heterocycles. The average molecular weight is 284 g/mol. The van der Waals surface area contributed by atoms with Gasteiger partial charge in [-0.15, -0.1) is 0 Å². The maximum atomic E-state index is 11.7. The number of rotatable bonds is 3. The molecule has 1 aromatic rings. The highest BCUT2D eigenvalue weighted by Gasteiger charge is 2.43. The Balaban J connectivity index is 1.92. The molecule has 110 valence electrons. The molecule has 0 aliphatic carbocycles. The van der Waals surface area contributed by atoms with Crippen molar-refractivity contribution in [3.63, 3.8) is 0 Å². The maximum Gasteiger partial charge on any atom is 0.338 e. The molecule has 1 saturated heterocycles. The second kappa shape index (κ2) is 6.29. The number of aliphatic hydroxyl groups is 4. The summed E-state index contributed by atoms with van der Waals surface area (Å²) in [4.78, 5) is 11.7. The second-order valence-electron chi connectivity index (χ2n) is 4.50. The summed E-state index contributed by atoms with van der Waals surface area (Å²) in [5.74, 6) is -0.614. The minimum Gasteiger partial charge on any atom is -0.459 e. The van der Waals surface area contributed by atoms with E-state index >= 15 is 0 Å². The number of carbonyl (C=O) groups is 1. The molecule has 1 aromatic carbocycles. The van der Waals surface area contributed by atoms with Crippen molar-refractivity contribution in [2.24, 2.45) is 0 Å². The maximum absolute atomic E-state index is 11.7. The number of hydrogen-bond donors (Lipinski definition) is 4. The molecule has 7 heteroatoms. The molecular formula is C13H16O7. The summed E-state index contributed by atoms with van der Waals surface area (Å²) in [6.45, 7) is -0.351. The van der Waals surface area contributed by atoms with Crippen molar-refractivity contribution in [1.82, 2.24) is 0 Å². The summed E-state index contributed by atoms with van der Waals surface area (Å²) >= 11 is 0. The zero-order valence-electron chi connectivity index (χ0n) is 10.5. The van der Waals surface area contributed by atoms with Crippen LogP contribution in [0.4, 0.5) is 0 Å². The van der Waals surface area contributed by atoms with Crippen LogP contribution in [0, 0.1) is 0 Å². The van der Waals surface area contributed by atoms with Gasteiger partial charge in [0.15, 0.2) is 6.29 Å². The Labute approximate surface area is 115 Å². The third-order valence-corrected chi connectivity index (χ3v) is 3.08. The lowest BCUT2D eigenvalue weighted by Crippen LogP contribution is -2.58. The molecule has 0 bridgehead atoms. The molecule has 5 atom stereocenters. The van der Waals surface area contributed by atoms with Gasteiger partial charge >= 0.3 is 5.97 Å². The Bertz CT molecular complexity index is 449. The number of aliphatic hydroxyl groups excluding tert-OH is 4. The van der Waals surface area contributed by atoms with Gasteiger partial charge < -0.3 is 29.9 Å². The van der Waals surface area contributed by atoms with E-state index in [2.05, 4.69) is 0 Å². The van der Waals surface area contributed by atoms with E-state index in [1.54, 1.807) is 30.3 Å². The Kier molecular flexibility index (Phi) is 4.69. The van der Waals surface area contributed by atoms with E-state index in [0.717, 1.165) is 0 Å². The third-order valence-electron chi connectivity index (χ3n) is 3.08. The summed E-state index contributed by atoms with van der Waals surface area (Å²) in [6, 6.07) is 8.22. The fourth-order valence-electron chi connectivity index (χ4n) is 1.88. The molecule has 2 rings (SSSR count). The quantitative estimate of drug-likeness (QED) is 0.507. The first-order valence-electron chi connectivity index (χ1n) is 6.10. The lowest BCUT2D eigenvalue weighted by molar-refractivity contribution is -0.286. The van der Waals surface area contributed by atoms with Crippen LogP contribution < -0.4 is 0 Å². The summed E-state index contributed by atoms with van der Waals surface area (Å²) < 4.78 is 9.83. The van der Waals surface area contributed by atoms with Gasteiger partial charge in [-0.25, -0.2) is 4.79 Å². The fourth-order valence-corrected chi connectivity index (χ4v) is 1.88. The summed E-state index contributed by atoms with van der Waals surface area (Å²) in [7, 11) is 0.